The van der Waals surface area contributed by atoms with Crippen molar-refractivity contribution in [1.82, 2.24) is 9.55 Å². The van der Waals surface area contributed by atoms with E-state index in [-0.39, 0.29) is 27.7 Å². The number of aromatic nitrogens is 2. The number of rotatable bonds is 3. The largest absolute Gasteiger partial charge is 0.366 e. The maximum atomic E-state index is 13.8. The van der Waals surface area contributed by atoms with Gasteiger partial charge in [0.2, 0.25) is 5.91 Å². The molecule has 0 aliphatic heterocycles. The zero-order chi connectivity index (χ0) is 14.9. The Kier molecular flexibility index (Phi) is 3.99. The molecule has 2 N–H and O–H groups in total. The molecular weight excluding hydrogens is 329 g/mol. The Labute approximate surface area is 122 Å². The van der Waals surface area contributed by atoms with E-state index in [0.717, 1.165) is 6.07 Å². The molecule has 0 saturated carbocycles. The maximum Gasteiger partial charge on any atom is 0.268 e. The van der Waals surface area contributed by atoms with E-state index in [0.29, 0.717) is 5.82 Å². The molecule has 0 fully saturated rings. The lowest BCUT2D eigenvalue weighted by molar-refractivity contribution is 0.1000. The van der Waals surface area contributed by atoms with Crippen LogP contribution < -0.4 is 11.3 Å². The molecule has 2 rings (SSSR count). The molecule has 1 amide bonds. The molecule has 1 aromatic carbocycles. The zero-order valence-corrected chi connectivity index (χ0v) is 12.1. The first-order valence-corrected chi connectivity index (χ1v) is 6.49. The number of nitrogens with two attached hydrogens (primary N) is 1. The smallest absolute Gasteiger partial charge is 0.268 e. The molecule has 0 unspecified atom stereocenters. The second kappa shape index (κ2) is 5.54. The third-order valence-electron chi connectivity index (χ3n) is 2.86. The minimum Gasteiger partial charge on any atom is -0.366 e. The number of nitrogens with zero attached hydrogens (tertiary/aromatic N) is 2. The summed E-state index contributed by atoms with van der Waals surface area (Å²) >= 11 is 3.09. The lowest BCUT2D eigenvalue weighted by Gasteiger charge is -2.11. The summed E-state index contributed by atoms with van der Waals surface area (Å²) in [5.74, 6) is -0.717. The van der Waals surface area contributed by atoms with Crippen LogP contribution in [-0.2, 0) is 6.54 Å². The van der Waals surface area contributed by atoms with E-state index >= 15 is 0 Å². The third kappa shape index (κ3) is 2.77. The fourth-order valence-corrected chi connectivity index (χ4v) is 2.07. The molecule has 0 aliphatic rings. The Morgan fingerprint density at radius 2 is 2.20 bits per heavy atom. The van der Waals surface area contributed by atoms with Gasteiger partial charge in [-0.05, 0) is 41.1 Å². The molecule has 1 heterocycles. The number of benzene rings is 1. The summed E-state index contributed by atoms with van der Waals surface area (Å²) in [7, 11) is 0. The van der Waals surface area contributed by atoms with Gasteiger partial charge in [0.1, 0.15) is 16.1 Å². The van der Waals surface area contributed by atoms with E-state index in [1.807, 2.05) is 0 Å². The quantitative estimate of drug-likeness (QED) is 0.922. The van der Waals surface area contributed by atoms with Gasteiger partial charge < -0.3 is 5.73 Å². The van der Waals surface area contributed by atoms with Gasteiger partial charge in [-0.2, -0.15) is 0 Å². The summed E-state index contributed by atoms with van der Waals surface area (Å²) in [6.07, 6.45) is 1.39. The second-order valence-electron chi connectivity index (χ2n) is 4.22. The van der Waals surface area contributed by atoms with Crippen LogP contribution in [0.25, 0.3) is 0 Å². The molecule has 2 aromatic rings. The van der Waals surface area contributed by atoms with E-state index in [1.54, 1.807) is 6.92 Å². The average molecular weight is 340 g/mol. The van der Waals surface area contributed by atoms with Crippen LogP contribution in [0, 0.1) is 12.7 Å². The Hall–Kier alpha value is -2.02. The number of hydrogen-bond acceptors (Lipinski definition) is 3. The van der Waals surface area contributed by atoms with Crippen molar-refractivity contribution in [3.05, 3.63) is 62.0 Å². The molecule has 0 saturated heterocycles. The molecule has 0 aliphatic carbocycles. The number of aryl methyl sites for hydroxylation is 1. The number of primary amides is 1. The summed E-state index contributed by atoms with van der Waals surface area (Å²) in [4.78, 5) is 27.1. The van der Waals surface area contributed by atoms with Gasteiger partial charge >= 0.3 is 0 Å². The van der Waals surface area contributed by atoms with Gasteiger partial charge in [-0.3, -0.25) is 14.2 Å². The van der Waals surface area contributed by atoms with Gasteiger partial charge in [0.25, 0.3) is 5.56 Å². The SMILES string of the molecule is Cc1ncc(Br)c(=O)n1Cc1cc(C(N)=O)ccc1F. The normalized spacial score (nSPS) is 10.6. The number of carbonyl (C=O) groups is 1. The van der Waals surface area contributed by atoms with E-state index < -0.39 is 11.7 Å². The maximum absolute atomic E-state index is 13.8. The van der Waals surface area contributed by atoms with Crippen molar-refractivity contribution in [3.63, 3.8) is 0 Å². The molecule has 7 heteroatoms. The average Bonchev–Trinajstić information content (AvgIpc) is 2.41. The van der Waals surface area contributed by atoms with Crippen molar-refractivity contribution >= 4 is 21.8 Å². The van der Waals surface area contributed by atoms with Crippen molar-refractivity contribution in [2.24, 2.45) is 5.73 Å². The summed E-state index contributed by atoms with van der Waals surface area (Å²) in [6.45, 7) is 1.62. The Morgan fingerprint density at radius 3 is 2.85 bits per heavy atom. The standard InChI is InChI=1S/C13H11BrFN3O2/c1-7-17-5-10(14)13(20)18(7)6-9-4-8(12(16)19)2-3-11(9)15/h2-5H,6H2,1H3,(H2,16,19). The molecule has 0 atom stereocenters. The molecule has 1 aromatic heterocycles. The van der Waals surface area contributed by atoms with Crippen LogP contribution in [0.15, 0.2) is 33.7 Å². The van der Waals surface area contributed by atoms with Crippen LogP contribution in [0.3, 0.4) is 0 Å². The summed E-state index contributed by atoms with van der Waals surface area (Å²) in [6, 6.07) is 3.79. The molecule has 20 heavy (non-hydrogen) atoms. The lowest BCUT2D eigenvalue weighted by atomic mass is 10.1. The number of hydrogen-bond donors (Lipinski definition) is 1. The number of carbonyl (C=O) groups excluding carboxylic acids is 1. The van der Waals surface area contributed by atoms with Gasteiger partial charge in [-0.1, -0.05) is 0 Å². The number of amides is 1. The molecule has 0 spiro atoms. The van der Waals surface area contributed by atoms with Crippen molar-refractivity contribution in [2.75, 3.05) is 0 Å². The molecule has 104 valence electrons. The van der Waals surface area contributed by atoms with E-state index in [2.05, 4.69) is 20.9 Å². The summed E-state index contributed by atoms with van der Waals surface area (Å²) < 4.78 is 15.4. The molecule has 0 radical (unpaired) electrons. The minimum absolute atomic E-state index is 0.0238. The van der Waals surface area contributed by atoms with Gasteiger partial charge in [-0.15, -0.1) is 0 Å². The Bertz CT molecular complexity index is 743. The van der Waals surface area contributed by atoms with Gasteiger partial charge in [-0.25, -0.2) is 9.37 Å². The fraction of sp³-hybridized carbons (Fsp3) is 0.154. The van der Waals surface area contributed by atoms with Crippen LogP contribution in [0.5, 0.6) is 0 Å². The highest BCUT2D eigenvalue weighted by molar-refractivity contribution is 9.10. The third-order valence-corrected chi connectivity index (χ3v) is 3.41. The predicted octanol–water partition coefficient (Wildman–Crippen LogP) is 1.60. The highest BCUT2D eigenvalue weighted by atomic mass is 79.9. The van der Waals surface area contributed by atoms with Crippen molar-refractivity contribution in [1.29, 1.82) is 0 Å². The minimum atomic E-state index is -0.650. The Balaban J connectivity index is 2.50. The first-order valence-electron chi connectivity index (χ1n) is 5.70. The fourth-order valence-electron chi connectivity index (χ4n) is 1.76. The zero-order valence-electron chi connectivity index (χ0n) is 10.6. The number of halogens is 2. The van der Waals surface area contributed by atoms with Gasteiger partial charge in [0.15, 0.2) is 0 Å². The van der Waals surface area contributed by atoms with E-state index in [9.17, 15) is 14.0 Å². The van der Waals surface area contributed by atoms with Crippen LogP contribution >= 0.6 is 15.9 Å². The van der Waals surface area contributed by atoms with E-state index in [4.69, 9.17) is 5.73 Å². The highest BCUT2D eigenvalue weighted by Crippen LogP contribution is 2.13. The van der Waals surface area contributed by atoms with Crippen LogP contribution in [-0.4, -0.2) is 15.5 Å². The monoisotopic (exact) mass is 339 g/mol. The highest BCUT2D eigenvalue weighted by Gasteiger charge is 2.11. The predicted molar refractivity (Wildman–Crippen MR) is 75.0 cm³/mol. The second-order valence-corrected chi connectivity index (χ2v) is 5.07. The van der Waals surface area contributed by atoms with Crippen LogP contribution in [0.4, 0.5) is 4.39 Å². The first kappa shape index (κ1) is 14.4. The summed E-state index contributed by atoms with van der Waals surface area (Å²) in [5, 5.41) is 0. The van der Waals surface area contributed by atoms with Crippen LogP contribution in [0.2, 0.25) is 0 Å². The molecule has 0 bridgehead atoms. The topological polar surface area (TPSA) is 78.0 Å². The first-order chi connectivity index (χ1) is 9.40. The van der Waals surface area contributed by atoms with Crippen LogP contribution in [0.1, 0.15) is 21.7 Å². The summed E-state index contributed by atoms with van der Waals surface area (Å²) in [5.41, 5.74) is 5.23. The van der Waals surface area contributed by atoms with Gasteiger partial charge in [0, 0.05) is 17.3 Å². The lowest BCUT2D eigenvalue weighted by Crippen LogP contribution is -2.25. The van der Waals surface area contributed by atoms with Gasteiger partial charge in [0.05, 0.1) is 6.54 Å². The molecular formula is C13H11BrFN3O2. The van der Waals surface area contributed by atoms with Crippen molar-refractivity contribution in [3.8, 4) is 0 Å². The molecule has 5 nitrogen and oxygen atoms in total. The van der Waals surface area contributed by atoms with E-state index in [1.165, 1.54) is 22.9 Å². The Morgan fingerprint density at radius 1 is 1.50 bits per heavy atom. The van der Waals surface area contributed by atoms with Crippen molar-refractivity contribution in [2.45, 2.75) is 13.5 Å². The van der Waals surface area contributed by atoms with Crippen molar-refractivity contribution < 1.29 is 9.18 Å².